The molecule has 4 heteroatoms. The van der Waals surface area contributed by atoms with Crippen LogP contribution in [0.5, 0.6) is 17.2 Å². The molecule has 27 heavy (non-hydrogen) atoms. The van der Waals surface area contributed by atoms with Gasteiger partial charge in [-0.3, -0.25) is 0 Å². The maximum absolute atomic E-state index is 9.62. The molecule has 0 spiro atoms. The van der Waals surface area contributed by atoms with Crippen molar-refractivity contribution in [2.24, 2.45) is 5.92 Å². The predicted molar refractivity (Wildman–Crippen MR) is 111 cm³/mol. The minimum atomic E-state index is 0.120. The Hall–Kier alpha value is -2.20. The molecule has 0 heterocycles. The van der Waals surface area contributed by atoms with Crippen LogP contribution in [0.15, 0.2) is 36.4 Å². The van der Waals surface area contributed by atoms with Crippen LogP contribution in [0.3, 0.4) is 0 Å². The van der Waals surface area contributed by atoms with E-state index in [-0.39, 0.29) is 18.3 Å². The summed E-state index contributed by atoms with van der Waals surface area (Å²) in [6.07, 6.45) is 5.05. The van der Waals surface area contributed by atoms with E-state index < -0.39 is 0 Å². The van der Waals surface area contributed by atoms with Gasteiger partial charge in [-0.05, 0) is 67.0 Å². The maximum Gasteiger partial charge on any atom is 0.160 e. The highest BCUT2D eigenvalue weighted by molar-refractivity contribution is 5.41. The monoisotopic (exact) mass is 374 g/mol. The number of phenolic OH excluding ortho intramolecular Hbond substituents is 2. The fourth-order valence-corrected chi connectivity index (χ4v) is 2.68. The molecule has 0 aromatic heterocycles. The summed E-state index contributed by atoms with van der Waals surface area (Å²) in [5.74, 6) is 1.05. The van der Waals surface area contributed by atoms with E-state index in [1.165, 1.54) is 20.0 Å². The summed E-state index contributed by atoms with van der Waals surface area (Å²) < 4.78 is 5.12. The van der Waals surface area contributed by atoms with Crippen molar-refractivity contribution in [3.05, 3.63) is 53.1 Å². The quantitative estimate of drug-likeness (QED) is 0.608. The molecule has 0 radical (unpaired) electrons. The van der Waals surface area contributed by atoms with E-state index in [1.54, 1.807) is 12.1 Å². The van der Waals surface area contributed by atoms with Gasteiger partial charge in [-0.2, -0.15) is 0 Å². The highest BCUT2D eigenvalue weighted by Crippen LogP contribution is 2.27. The van der Waals surface area contributed by atoms with Crippen molar-refractivity contribution < 1.29 is 20.1 Å². The Morgan fingerprint density at radius 3 is 2.11 bits per heavy atom. The molecule has 0 amide bonds. The average Bonchev–Trinajstić information content (AvgIpc) is 2.69. The lowest BCUT2D eigenvalue weighted by Crippen LogP contribution is -2.11. The van der Waals surface area contributed by atoms with Crippen LogP contribution in [0.2, 0.25) is 0 Å². The van der Waals surface area contributed by atoms with E-state index in [9.17, 15) is 15.3 Å². The van der Waals surface area contributed by atoms with Crippen LogP contribution in [0.4, 0.5) is 0 Å². The van der Waals surface area contributed by atoms with Crippen LogP contribution in [0.25, 0.3) is 0 Å². The molecule has 0 aliphatic carbocycles. The summed E-state index contributed by atoms with van der Waals surface area (Å²) in [5, 5.41) is 28.8. The van der Waals surface area contributed by atoms with Crippen LogP contribution in [0.1, 0.15) is 49.8 Å². The lowest BCUT2D eigenvalue weighted by Gasteiger charge is -2.15. The molecule has 0 aliphatic heterocycles. The van der Waals surface area contributed by atoms with E-state index in [2.05, 4.69) is 13.8 Å². The topological polar surface area (TPSA) is 69.9 Å². The number of aliphatic hydroxyl groups excluding tert-OH is 1. The number of hydrogen-bond acceptors (Lipinski definition) is 4. The summed E-state index contributed by atoms with van der Waals surface area (Å²) in [7, 11) is 1.53. The Bertz CT molecular complexity index is 680. The second-order valence-corrected chi connectivity index (χ2v) is 6.92. The molecule has 0 fully saturated rings. The van der Waals surface area contributed by atoms with Crippen molar-refractivity contribution in [3.8, 4) is 17.2 Å². The van der Waals surface area contributed by atoms with Crippen LogP contribution in [-0.4, -0.2) is 29.0 Å². The lowest BCUT2D eigenvalue weighted by atomic mass is 9.93. The van der Waals surface area contributed by atoms with E-state index >= 15 is 0 Å². The number of unbranched alkanes of at least 4 members (excludes halogenated alkanes) is 1. The average molecular weight is 375 g/mol. The Balaban J connectivity index is 0.000000828. The smallest absolute Gasteiger partial charge is 0.160 e. The third-order valence-corrected chi connectivity index (χ3v) is 4.63. The van der Waals surface area contributed by atoms with Crippen molar-refractivity contribution in [3.63, 3.8) is 0 Å². The number of hydrogen-bond donors (Lipinski definition) is 3. The van der Waals surface area contributed by atoms with Crippen molar-refractivity contribution in [2.75, 3.05) is 13.7 Å². The SMILES string of the molecule is CCCC.COc1cc(CC[C@H](CO)Cc2ccc(O)c(C)c2)ccc1O. The molecule has 1 atom stereocenters. The third-order valence-electron chi connectivity index (χ3n) is 4.63. The number of benzene rings is 2. The van der Waals surface area contributed by atoms with Gasteiger partial charge >= 0.3 is 0 Å². The highest BCUT2D eigenvalue weighted by Gasteiger charge is 2.11. The molecule has 2 rings (SSSR count). The molecule has 2 aromatic carbocycles. The normalized spacial score (nSPS) is 11.4. The molecule has 2 aromatic rings. The van der Waals surface area contributed by atoms with Crippen molar-refractivity contribution >= 4 is 0 Å². The number of aryl methyl sites for hydroxylation is 2. The van der Waals surface area contributed by atoms with Crippen molar-refractivity contribution in [1.82, 2.24) is 0 Å². The van der Waals surface area contributed by atoms with Gasteiger partial charge in [-0.1, -0.05) is 44.9 Å². The lowest BCUT2D eigenvalue weighted by molar-refractivity contribution is 0.218. The third kappa shape index (κ3) is 7.92. The molecule has 4 nitrogen and oxygen atoms in total. The molecule has 0 bridgehead atoms. The van der Waals surface area contributed by atoms with Gasteiger partial charge in [0.25, 0.3) is 0 Å². The Morgan fingerprint density at radius 2 is 1.56 bits per heavy atom. The van der Waals surface area contributed by atoms with Crippen LogP contribution in [0, 0.1) is 12.8 Å². The fourth-order valence-electron chi connectivity index (χ4n) is 2.68. The summed E-state index contributed by atoms with van der Waals surface area (Å²) >= 11 is 0. The van der Waals surface area contributed by atoms with Gasteiger partial charge in [0.2, 0.25) is 0 Å². The van der Waals surface area contributed by atoms with E-state index in [0.29, 0.717) is 11.5 Å². The molecule has 0 saturated carbocycles. The Labute approximate surface area is 163 Å². The summed E-state index contributed by atoms with van der Waals surface area (Å²) in [6.45, 7) is 6.35. The Kier molecular flexibility index (Phi) is 10.3. The zero-order valence-electron chi connectivity index (χ0n) is 17.0. The summed E-state index contributed by atoms with van der Waals surface area (Å²) in [6, 6.07) is 10.9. The molecule has 150 valence electrons. The molecule has 0 unspecified atom stereocenters. The Morgan fingerprint density at radius 1 is 0.926 bits per heavy atom. The number of aliphatic hydroxyl groups is 1. The van der Waals surface area contributed by atoms with Gasteiger partial charge in [0.1, 0.15) is 5.75 Å². The minimum absolute atomic E-state index is 0.120. The first kappa shape index (κ1) is 22.8. The first-order valence-electron chi connectivity index (χ1n) is 9.70. The van der Waals surface area contributed by atoms with E-state index in [0.717, 1.165) is 36.0 Å². The molecular weight excluding hydrogens is 340 g/mol. The van der Waals surface area contributed by atoms with Gasteiger partial charge in [0, 0.05) is 6.61 Å². The van der Waals surface area contributed by atoms with Crippen LogP contribution >= 0.6 is 0 Å². The number of methoxy groups -OCH3 is 1. The first-order chi connectivity index (χ1) is 12.9. The molecule has 3 N–H and O–H groups in total. The van der Waals surface area contributed by atoms with Gasteiger partial charge in [0.15, 0.2) is 11.5 Å². The van der Waals surface area contributed by atoms with Crippen molar-refractivity contribution in [2.45, 2.75) is 52.9 Å². The first-order valence-corrected chi connectivity index (χ1v) is 9.70. The number of phenols is 2. The van der Waals surface area contributed by atoms with E-state index in [4.69, 9.17) is 4.74 Å². The maximum atomic E-state index is 9.62. The summed E-state index contributed by atoms with van der Waals surface area (Å²) in [5.41, 5.74) is 3.03. The van der Waals surface area contributed by atoms with Crippen molar-refractivity contribution in [1.29, 1.82) is 0 Å². The zero-order valence-corrected chi connectivity index (χ0v) is 17.0. The number of ether oxygens (including phenoxy) is 1. The van der Waals surface area contributed by atoms with Crippen LogP contribution < -0.4 is 4.74 Å². The molecule has 0 saturated heterocycles. The van der Waals surface area contributed by atoms with E-state index in [1.807, 2.05) is 31.2 Å². The molecule has 0 aliphatic rings. The second kappa shape index (κ2) is 12.2. The number of rotatable bonds is 8. The fraction of sp³-hybridized carbons (Fsp3) is 0.478. The minimum Gasteiger partial charge on any atom is -0.508 e. The largest absolute Gasteiger partial charge is 0.508 e. The predicted octanol–water partition coefficient (Wildman–Crippen LogP) is 5.01. The summed E-state index contributed by atoms with van der Waals surface area (Å²) in [4.78, 5) is 0. The van der Waals surface area contributed by atoms with Gasteiger partial charge in [-0.25, -0.2) is 0 Å². The van der Waals surface area contributed by atoms with Gasteiger partial charge < -0.3 is 20.1 Å². The zero-order chi connectivity index (χ0) is 20.2. The standard InChI is InChI=1S/C19H24O4.C4H10/c1-13-9-15(6-7-17(13)21)10-16(12-20)4-3-14-5-8-18(22)19(11-14)23-2;1-3-4-2/h5-9,11,16,20-22H,3-4,10,12H2,1-2H3;3-4H2,1-2H3/t16-;/m0./s1. The molecular formula is C23H34O4. The van der Waals surface area contributed by atoms with Gasteiger partial charge in [0.05, 0.1) is 7.11 Å². The van der Waals surface area contributed by atoms with Gasteiger partial charge in [-0.15, -0.1) is 0 Å². The van der Waals surface area contributed by atoms with Crippen LogP contribution in [-0.2, 0) is 12.8 Å². The number of aromatic hydroxyl groups is 2. The second-order valence-electron chi connectivity index (χ2n) is 6.92. The highest BCUT2D eigenvalue weighted by atomic mass is 16.5.